The van der Waals surface area contributed by atoms with E-state index in [1.54, 1.807) is 60.3 Å². The van der Waals surface area contributed by atoms with E-state index in [9.17, 15) is 9.59 Å². The zero-order valence-electron chi connectivity index (χ0n) is 11.8. The van der Waals surface area contributed by atoms with Crippen molar-refractivity contribution in [1.82, 2.24) is 0 Å². The van der Waals surface area contributed by atoms with Gasteiger partial charge in [-0.2, -0.15) is 4.57 Å². The Labute approximate surface area is 128 Å². The SMILES string of the molecule is CC(=O)c1ccc[n+]([C@@H](C)C(=O)Nc2ccc(Cl)cc2)c1. The number of pyridine rings is 1. The van der Waals surface area contributed by atoms with Crippen LogP contribution in [0.2, 0.25) is 5.02 Å². The number of Topliss-reactive ketones (excluding diaryl/α,β-unsaturated/α-hetero) is 1. The van der Waals surface area contributed by atoms with E-state index in [1.165, 1.54) is 6.92 Å². The average Bonchev–Trinajstić information content (AvgIpc) is 2.49. The molecule has 0 spiro atoms. The van der Waals surface area contributed by atoms with E-state index in [0.717, 1.165) is 0 Å². The van der Waals surface area contributed by atoms with Gasteiger partial charge >= 0.3 is 0 Å². The third-order valence-electron chi connectivity index (χ3n) is 3.17. The first-order chi connectivity index (χ1) is 9.97. The molecule has 1 aromatic carbocycles. The van der Waals surface area contributed by atoms with E-state index in [1.807, 2.05) is 0 Å². The number of halogens is 1. The lowest BCUT2D eigenvalue weighted by Gasteiger charge is -2.09. The first-order valence-electron chi connectivity index (χ1n) is 6.55. The maximum Gasteiger partial charge on any atom is 0.293 e. The number of carbonyl (C=O) groups excluding carboxylic acids is 2. The molecular formula is C16H16ClN2O2+. The first kappa shape index (κ1) is 15.2. The van der Waals surface area contributed by atoms with Crippen LogP contribution in [-0.2, 0) is 4.79 Å². The first-order valence-corrected chi connectivity index (χ1v) is 6.93. The molecule has 0 aliphatic rings. The average molecular weight is 304 g/mol. The molecule has 0 radical (unpaired) electrons. The summed E-state index contributed by atoms with van der Waals surface area (Å²) in [5.74, 6) is -0.197. The van der Waals surface area contributed by atoms with Gasteiger partial charge in [-0.25, -0.2) is 0 Å². The number of nitrogens with one attached hydrogen (secondary N) is 1. The maximum absolute atomic E-state index is 12.2. The molecule has 2 rings (SSSR count). The summed E-state index contributed by atoms with van der Waals surface area (Å²) >= 11 is 5.80. The third kappa shape index (κ3) is 3.89. The fraction of sp³-hybridized carbons (Fsp3) is 0.188. The summed E-state index contributed by atoms with van der Waals surface area (Å²) in [4.78, 5) is 23.6. The van der Waals surface area contributed by atoms with Gasteiger partial charge in [0.2, 0.25) is 6.04 Å². The molecule has 1 atom stereocenters. The lowest BCUT2D eigenvalue weighted by atomic mass is 10.2. The number of carbonyl (C=O) groups is 2. The summed E-state index contributed by atoms with van der Waals surface area (Å²) in [5, 5.41) is 3.43. The number of rotatable bonds is 4. The fourth-order valence-electron chi connectivity index (χ4n) is 1.86. The summed E-state index contributed by atoms with van der Waals surface area (Å²) in [5.41, 5.74) is 1.25. The Balaban J connectivity index is 2.13. The van der Waals surface area contributed by atoms with Gasteiger partial charge in [-0.05, 0) is 37.3 Å². The summed E-state index contributed by atoms with van der Waals surface area (Å²) in [7, 11) is 0. The van der Waals surface area contributed by atoms with Crippen molar-refractivity contribution in [2.24, 2.45) is 0 Å². The van der Waals surface area contributed by atoms with Crippen molar-refractivity contribution < 1.29 is 14.2 Å². The van der Waals surface area contributed by atoms with Crippen molar-refractivity contribution in [2.45, 2.75) is 19.9 Å². The number of ketones is 1. The van der Waals surface area contributed by atoms with E-state index < -0.39 is 6.04 Å². The number of anilines is 1. The van der Waals surface area contributed by atoms with E-state index in [-0.39, 0.29) is 11.7 Å². The number of aromatic nitrogens is 1. The Morgan fingerprint density at radius 3 is 2.48 bits per heavy atom. The molecule has 1 aromatic heterocycles. The molecular weight excluding hydrogens is 288 g/mol. The fourth-order valence-corrected chi connectivity index (χ4v) is 1.98. The highest BCUT2D eigenvalue weighted by Crippen LogP contribution is 2.14. The summed E-state index contributed by atoms with van der Waals surface area (Å²) in [6.45, 7) is 3.27. The molecule has 0 unspecified atom stereocenters. The van der Waals surface area contributed by atoms with Crippen LogP contribution in [0.4, 0.5) is 5.69 Å². The molecule has 21 heavy (non-hydrogen) atoms. The van der Waals surface area contributed by atoms with E-state index in [2.05, 4.69) is 5.32 Å². The van der Waals surface area contributed by atoms with Crippen LogP contribution in [0.5, 0.6) is 0 Å². The number of benzene rings is 1. The van der Waals surface area contributed by atoms with Gasteiger partial charge < -0.3 is 5.32 Å². The molecule has 2 aromatic rings. The van der Waals surface area contributed by atoms with Crippen molar-refractivity contribution in [3.8, 4) is 0 Å². The van der Waals surface area contributed by atoms with Gasteiger partial charge in [0.1, 0.15) is 0 Å². The summed E-state index contributed by atoms with van der Waals surface area (Å²) in [6.07, 6.45) is 3.44. The zero-order chi connectivity index (χ0) is 15.4. The largest absolute Gasteiger partial charge is 0.320 e. The number of hydrogen-bond acceptors (Lipinski definition) is 2. The molecule has 1 N–H and O–H groups in total. The topological polar surface area (TPSA) is 50.0 Å². The lowest BCUT2D eigenvalue weighted by Crippen LogP contribution is -2.44. The highest BCUT2D eigenvalue weighted by atomic mass is 35.5. The van der Waals surface area contributed by atoms with Gasteiger partial charge in [-0.1, -0.05) is 11.6 Å². The van der Waals surface area contributed by atoms with Crippen LogP contribution >= 0.6 is 11.6 Å². The molecule has 0 fully saturated rings. The minimum Gasteiger partial charge on any atom is -0.320 e. The number of hydrogen-bond donors (Lipinski definition) is 1. The number of amides is 1. The molecule has 1 amide bonds. The van der Waals surface area contributed by atoms with Gasteiger partial charge in [0.05, 0.1) is 5.56 Å². The smallest absolute Gasteiger partial charge is 0.293 e. The van der Waals surface area contributed by atoms with Crippen molar-refractivity contribution in [2.75, 3.05) is 5.32 Å². The second kappa shape index (κ2) is 6.50. The lowest BCUT2D eigenvalue weighted by molar-refractivity contribution is -0.705. The number of nitrogens with zero attached hydrogens (tertiary/aromatic N) is 1. The maximum atomic E-state index is 12.2. The van der Waals surface area contributed by atoms with Gasteiger partial charge in [0.25, 0.3) is 5.91 Å². The van der Waals surface area contributed by atoms with Crippen molar-refractivity contribution in [3.05, 3.63) is 59.4 Å². The monoisotopic (exact) mass is 303 g/mol. The third-order valence-corrected chi connectivity index (χ3v) is 3.42. The molecule has 0 bridgehead atoms. The molecule has 0 saturated carbocycles. The second-order valence-electron chi connectivity index (χ2n) is 4.77. The van der Waals surface area contributed by atoms with Crippen molar-refractivity contribution >= 4 is 29.0 Å². The Morgan fingerprint density at radius 2 is 1.86 bits per heavy atom. The zero-order valence-corrected chi connectivity index (χ0v) is 12.6. The summed E-state index contributed by atoms with van der Waals surface area (Å²) < 4.78 is 1.71. The van der Waals surface area contributed by atoms with Crippen molar-refractivity contribution in [3.63, 3.8) is 0 Å². The van der Waals surface area contributed by atoms with Crippen molar-refractivity contribution in [1.29, 1.82) is 0 Å². The quantitative estimate of drug-likeness (QED) is 0.697. The van der Waals surface area contributed by atoms with Crippen LogP contribution < -0.4 is 9.88 Å². The Kier molecular flexibility index (Phi) is 4.70. The van der Waals surface area contributed by atoms with Gasteiger partial charge in [-0.15, -0.1) is 0 Å². The molecule has 0 saturated heterocycles. The minimum atomic E-state index is -0.431. The standard InChI is InChI=1S/C16H15ClN2O2/c1-11(19-9-3-4-13(10-19)12(2)20)16(21)18-15-7-5-14(17)6-8-15/h3-11H,1-2H3/p+1/t11-/m0/s1. The van der Waals surface area contributed by atoms with Gasteiger partial charge in [0, 0.05) is 23.7 Å². The van der Waals surface area contributed by atoms with Crippen LogP contribution in [0.3, 0.4) is 0 Å². The minimum absolute atomic E-state index is 0.0327. The summed E-state index contributed by atoms with van der Waals surface area (Å²) in [6, 6.07) is 9.95. The normalized spacial score (nSPS) is 11.8. The Hall–Kier alpha value is -2.20. The van der Waals surface area contributed by atoms with E-state index in [4.69, 9.17) is 11.6 Å². The van der Waals surface area contributed by atoms with Gasteiger partial charge in [0.15, 0.2) is 18.2 Å². The van der Waals surface area contributed by atoms with E-state index >= 15 is 0 Å². The van der Waals surface area contributed by atoms with Crippen LogP contribution in [0.1, 0.15) is 30.2 Å². The Bertz CT molecular complexity index is 668. The highest BCUT2D eigenvalue weighted by molar-refractivity contribution is 6.30. The predicted octanol–water partition coefficient (Wildman–Crippen LogP) is 3.03. The molecule has 4 nitrogen and oxygen atoms in total. The van der Waals surface area contributed by atoms with E-state index in [0.29, 0.717) is 16.3 Å². The van der Waals surface area contributed by atoms with Crippen LogP contribution in [0, 0.1) is 0 Å². The molecule has 0 aliphatic heterocycles. The predicted molar refractivity (Wildman–Crippen MR) is 81.4 cm³/mol. The van der Waals surface area contributed by atoms with Crippen LogP contribution in [0.15, 0.2) is 48.8 Å². The second-order valence-corrected chi connectivity index (χ2v) is 5.20. The van der Waals surface area contributed by atoms with Gasteiger partial charge in [-0.3, -0.25) is 9.59 Å². The molecule has 1 heterocycles. The van der Waals surface area contributed by atoms with Crippen LogP contribution in [-0.4, -0.2) is 11.7 Å². The highest BCUT2D eigenvalue weighted by Gasteiger charge is 2.22. The Morgan fingerprint density at radius 1 is 1.19 bits per heavy atom. The van der Waals surface area contributed by atoms with Crippen LogP contribution in [0.25, 0.3) is 0 Å². The molecule has 5 heteroatoms. The molecule has 0 aliphatic carbocycles. The molecule has 108 valence electrons.